The van der Waals surface area contributed by atoms with Gasteiger partial charge in [0.15, 0.2) is 6.10 Å². The maximum absolute atomic E-state index is 12.1. The number of urea groups is 1. The van der Waals surface area contributed by atoms with E-state index >= 15 is 0 Å². The zero-order chi connectivity index (χ0) is 15.2. The topological polar surface area (TPSA) is 87.9 Å². The summed E-state index contributed by atoms with van der Waals surface area (Å²) in [6, 6.07) is -0.144. The van der Waals surface area contributed by atoms with Crippen molar-refractivity contribution in [1.29, 1.82) is 0 Å². The molecule has 3 N–H and O–H groups in total. The Balaban J connectivity index is 1.68. The maximum atomic E-state index is 12.1. The first kappa shape index (κ1) is 16.0. The number of hydrogen-bond donors (Lipinski definition) is 2. The predicted molar refractivity (Wildman–Crippen MR) is 78.7 cm³/mol. The molecule has 2 aliphatic rings. The summed E-state index contributed by atoms with van der Waals surface area (Å²) in [7, 11) is 0. The van der Waals surface area contributed by atoms with Gasteiger partial charge in [0, 0.05) is 26.2 Å². The van der Waals surface area contributed by atoms with Crippen LogP contribution in [-0.2, 0) is 9.53 Å². The molecule has 0 aliphatic carbocycles. The van der Waals surface area contributed by atoms with Crippen molar-refractivity contribution in [2.75, 3.05) is 45.9 Å². The molecule has 2 aliphatic heterocycles. The Hall–Kier alpha value is -1.34. The van der Waals surface area contributed by atoms with E-state index in [1.807, 2.05) is 0 Å². The number of piperidine rings is 1. The van der Waals surface area contributed by atoms with E-state index in [0.717, 1.165) is 25.6 Å². The highest BCUT2D eigenvalue weighted by atomic mass is 16.5. The van der Waals surface area contributed by atoms with Crippen LogP contribution in [0.4, 0.5) is 4.79 Å². The first-order valence-electron chi connectivity index (χ1n) is 7.72. The fraction of sp³-hybridized carbons (Fsp3) is 0.857. The van der Waals surface area contributed by atoms with E-state index in [-0.39, 0.29) is 12.6 Å². The molecule has 0 saturated carbocycles. The Morgan fingerprint density at radius 3 is 2.86 bits per heavy atom. The second-order valence-electron chi connectivity index (χ2n) is 5.99. The van der Waals surface area contributed by atoms with E-state index in [4.69, 9.17) is 10.5 Å². The quantitative estimate of drug-likeness (QED) is 0.740. The third kappa shape index (κ3) is 4.86. The number of carbonyl (C=O) groups excluding carboxylic acids is 2. The largest absolute Gasteiger partial charge is 0.367 e. The highest BCUT2D eigenvalue weighted by molar-refractivity contribution is 5.81. The van der Waals surface area contributed by atoms with Gasteiger partial charge in [-0.2, -0.15) is 0 Å². The summed E-state index contributed by atoms with van der Waals surface area (Å²) in [4.78, 5) is 27.2. The van der Waals surface area contributed by atoms with Gasteiger partial charge in [0.05, 0.1) is 13.2 Å². The number of hydrogen-bond acceptors (Lipinski definition) is 4. The molecule has 2 rings (SSSR count). The van der Waals surface area contributed by atoms with Gasteiger partial charge in [-0.05, 0) is 25.3 Å². The number of morpholine rings is 1. The molecule has 0 aromatic heterocycles. The van der Waals surface area contributed by atoms with Crippen molar-refractivity contribution in [3.63, 3.8) is 0 Å². The van der Waals surface area contributed by atoms with Gasteiger partial charge in [-0.1, -0.05) is 6.92 Å². The van der Waals surface area contributed by atoms with Crippen LogP contribution in [0.1, 0.15) is 19.8 Å². The Morgan fingerprint density at radius 2 is 2.14 bits per heavy atom. The zero-order valence-electron chi connectivity index (χ0n) is 12.7. The van der Waals surface area contributed by atoms with Crippen LogP contribution in [0.5, 0.6) is 0 Å². The minimum Gasteiger partial charge on any atom is -0.367 e. The van der Waals surface area contributed by atoms with Crippen LogP contribution >= 0.6 is 0 Å². The lowest BCUT2D eigenvalue weighted by atomic mass is 10.0. The SMILES string of the molecule is CC1CCCN(CCNC(=O)N2CCOC(C(N)=O)C2)C1. The van der Waals surface area contributed by atoms with E-state index in [2.05, 4.69) is 17.1 Å². The van der Waals surface area contributed by atoms with Crippen molar-refractivity contribution in [2.24, 2.45) is 11.7 Å². The summed E-state index contributed by atoms with van der Waals surface area (Å²) >= 11 is 0. The Labute approximate surface area is 125 Å². The molecule has 2 heterocycles. The predicted octanol–water partition coefficient (Wildman–Crippen LogP) is -0.386. The molecule has 2 atom stereocenters. The number of ether oxygens (including phenoxy) is 1. The molecule has 0 aromatic rings. The second-order valence-corrected chi connectivity index (χ2v) is 5.99. The molecule has 7 nitrogen and oxygen atoms in total. The number of carbonyl (C=O) groups is 2. The van der Waals surface area contributed by atoms with Crippen LogP contribution in [-0.4, -0.2) is 73.7 Å². The van der Waals surface area contributed by atoms with Gasteiger partial charge in [-0.15, -0.1) is 0 Å². The molecule has 2 saturated heterocycles. The summed E-state index contributed by atoms with van der Waals surface area (Å²) in [5, 5.41) is 2.91. The number of rotatable bonds is 4. The smallest absolute Gasteiger partial charge is 0.317 e. The van der Waals surface area contributed by atoms with Crippen molar-refractivity contribution < 1.29 is 14.3 Å². The molecule has 21 heavy (non-hydrogen) atoms. The average Bonchev–Trinajstić information content (AvgIpc) is 2.47. The van der Waals surface area contributed by atoms with Crippen LogP contribution in [0.3, 0.4) is 0 Å². The second kappa shape index (κ2) is 7.61. The minimum atomic E-state index is -0.688. The van der Waals surface area contributed by atoms with Crippen LogP contribution in [0.15, 0.2) is 0 Å². The zero-order valence-corrected chi connectivity index (χ0v) is 12.7. The third-order valence-corrected chi connectivity index (χ3v) is 4.12. The molecule has 2 unspecified atom stereocenters. The maximum Gasteiger partial charge on any atom is 0.317 e. The van der Waals surface area contributed by atoms with Gasteiger partial charge in [0.25, 0.3) is 0 Å². The van der Waals surface area contributed by atoms with Gasteiger partial charge in [0.1, 0.15) is 0 Å². The molecule has 0 bridgehead atoms. The van der Waals surface area contributed by atoms with Gasteiger partial charge in [0.2, 0.25) is 5.91 Å². The van der Waals surface area contributed by atoms with E-state index in [1.54, 1.807) is 4.90 Å². The van der Waals surface area contributed by atoms with Gasteiger partial charge in [-0.25, -0.2) is 4.79 Å². The summed E-state index contributed by atoms with van der Waals surface area (Å²) in [5.74, 6) is 0.222. The first-order chi connectivity index (χ1) is 10.1. The summed E-state index contributed by atoms with van der Waals surface area (Å²) in [6.45, 7) is 7.08. The standard InChI is InChI=1S/C14H26N4O3/c1-11-3-2-5-17(9-11)6-4-16-14(20)18-7-8-21-12(10-18)13(15)19/h11-12H,2-10H2,1H3,(H2,15,19)(H,16,20). The van der Waals surface area contributed by atoms with Crippen LogP contribution in [0, 0.1) is 5.92 Å². The molecule has 3 amide bonds. The van der Waals surface area contributed by atoms with Crippen LogP contribution in [0.2, 0.25) is 0 Å². The average molecular weight is 298 g/mol. The third-order valence-electron chi connectivity index (χ3n) is 4.12. The highest BCUT2D eigenvalue weighted by Crippen LogP contribution is 2.14. The van der Waals surface area contributed by atoms with Gasteiger partial charge >= 0.3 is 6.03 Å². The van der Waals surface area contributed by atoms with Crippen molar-refractivity contribution in [3.8, 4) is 0 Å². The summed E-state index contributed by atoms with van der Waals surface area (Å²) in [6.07, 6.45) is 1.84. The summed E-state index contributed by atoms with van der Waals surface area (Å²) in [5.41, 5.74) is 5.21. The Kier molecular flexibility index (Phi) is 5.81. The lowest BCUT2D eigenvalue weighted by Crippen LogP contribution is -2.53. The lowest BCUT2D eigenvalue weighted by molar-refractivity contribution is -0.133. The molecular formula is C14H26N4O3. The molecule has 0 aromatic carbocycles. The minimum absolute atomic E-state index is 0.144. The van der Waals surface area contributed by atoms with Crippen molar-refractivity contribution >= 4 is 11.9 Å². The molecular weight excluding hydrogens is 272 g/mol. The Morgan fingerprint density at radius 1 is 1.33 bits per heavy atom. The number of nitrogens with one attached hydrogen (secondary N) is 1. The molecule has 7 heteroatoms. The monoisotopic (exact) mass is 298 g/mol. The number of likely N-dealkylation sites (tertiary alicyclic amines) is 1. The van der Waals surface area contributed by atoms with E-state index in [9.17, 15) is 9.59 Å². The van der Waals surface area contributed by atoms with Crippen LogP contribution in [0.25, 0.3) is 0 Å². The van der Waals surface area contributed by atoms with Crippen molar-refractivity contribution in [2.45, 2.75) is 25.9 Å². The molecule has 0 spiro atoms. The van der Waals surface area contributed by atoms with Gasteiger partial charge in [-0.3, -0.25) is 4.79 Å². The van der Waals surface area contributed by atoms with Gasteiger partial charge < -0.3 is 25.6 Å². The number of primary amides is 1. The number of nitrogens with zero attached hydrogens (tertiary/aromatic N) is 2. The highest BCUT2D eigenvalue weighted by Gasteiger charge is 2.27. The number of amides is 3. The normalized spacial score (nSPS) is 27.4. The Bertz CT molecular complexity index is 377. The fourth-order valence-corrected chi connectivity index (χ4v) is 2.93. The van der Waals surface area contributed by atoms with Crippen LogP contribution < -0.4 is 11.1 Å². The lowest BCUT2D eigenvalue weighted by Gasteiger charge is -2.33. The van der Waals surface area contributed by atoms with E-state index < -0.39 is 12.0 Å². The molecule has 2 fully saturated rings. The molecule has 0 radical (unpaired) electrons. The van der Waals surface area contributed by atoms with Crippen molar-refractivity contribution in [1.82, 2.24) is 15.1 Å². The first-order valence-corrected chi connectivity index (χ1v) is 7.72. The fourth-order valence-electron chi connectivity index (χ4n) is 2.93. The summed E-state index contributed by atoms with van der Waals surface area (Å²) < 4.78 is 5.23. The van der Waals surface area contributed by atoms with E-state index in [0.29, 0.717) is 19.7 Å². The molecule has 120 valence electrons. The van der Waals surface area contributed by atoms with Crippen molar-refractivity contribution in [3.05, 3.63) is 0 Å². The number of nitrogens with two attached hydrogens (primary N) is 1. The van der Waals surface area contributed by atoms with E-state index in [1.165, 1.54) is 12.8 Å².